The van der Waals surface area contributed by atoms with Crippen molar-refractivity contribution in [2.75, 3.05) is 32.6 Å². The Labute approximate surface area is 170 Å². The molecule has 1 aromatic heterocycles. The van der Waals surface area contributed by atoms with Crippen LogP contribution >= 0.6 is 11.8 Å². The highest BCUT2D eigenvalue weighted by Gasteiger charge is 2.50. The van der Waals surface area contributed by atoms with Crippen LogP contribution in [0.2, 0.25) is 0 Å². The fourth-order valence-electron chi connectivity index (χ4n) is 3.05. The molecule has 29 heavy (non-hydrogen) atoms. The van der Waals surface area contributed by atoms with Crippen LogP contribution in [0.1, 0.15) is 17.8 Å². The molecule has 3 heterocycles. The number of aromatic nitrogens is 1. The average Bonchev–Trinajstić information content (AvgIpc) is 3.03. The summed E-state index contributed by atoms with van der Waals surface area (Å²) in [7, 11) is 1.56. The molecule has 1 amide bonds. The van der Waals surface area contributed by atoms with E-state index < -0.39 is 12.1 Å². The largest absolute Gasteiger partial charge is 0.490 e. The van der Waals surface area contributed by atoms with E-state index >= 15 is 0 Å². The van der Waals surface area contributed by atoms with Crippen molar-refractivity contribution < 1.29 is 37.3 Å². The number of carbonyl (C=O) groups excluding carboxylic acids is 1. The third kappa shape index (κ3) is 6.86. The lowest BCUT2D eigenvalue weighted by Gasteiger charge is -2.47. The fourth-order valence-corrected chi connectivity index (χ4v) is 4.61. The molecule has 2 saturated heterocycles. The molecule has 7 nitrogen and oxygen atoms in total. The minimum Gasteiger partial charge on any atom is -0.475 e. The van der Waals surface area contributed by atoms with E-state index in [1.165, 1.54) is 0 Å². The minimum atomic E-state index is -5.08. The summed E-state index contributed by atoms with van der Waals surface area (Å²) in [6, 6.07) is 6.00. The highest BCUT2D eigenvalue weighted by Crippen LogP contribution is 2.46. The number of carboxylic acid groups (broad SMARTS) is 1. The number of alkyl halides is 3. The second-order valence-corrected chi connectivity index (χ2v) is 8.38. The van der Waals surface area contributed by atoms with Gasteiger partial charge in [0.15, 0.2) is 0 Å². The van der Waals surface area contributed by atoms with E-state index in [9.17, 15) is 18.0 Å². The molecule has 2 fully saturated rings. The van der Waals surface area contributed by atoms with Gasteiger partial charge in [-0.1, -0.05) is 6.07 Å². The number of ether oxygens (including phenoxy) is 2. The summed E-state index contributed by atoms with van der Waals surface area (Å²) in [5, 5.41) is 7.12. The number of hydrogen-bond acceptors (Lipinski definition) is 6. The lowest BCUT2D eigenvalue weighted by atomic mass is 9.93. The Hall–Kier alpha value is -1.85. The summed E-state index contributed by atoms with van der Waals surface area (Å²) in [6.07, 6.45) is -3.81. The summed E-state index contributed by atoms with van der Waals surface area (Å²) in [6.45, 7) is 4.38. The average molecular weight is 436 g/mol. The SMILES string of the molecule is COCC(=O)N1CC2(CC(OCc3cccc(C)n3)CS2)C1.O=C(O)C(F)(F)F. The first-order valence-electron chi connectivity index (χ1n) is 8.79. The summed E-state index contributed by atoms with van der Waals surface area (Å²) >= 11 is 1.94. The first-order valence-corrected chi connectivity index (χ1v) is 9.78. The monoisotopic (exact) mass is 436 g/mol. The van der Waals surface area contributed by atoms with Gasteiger partial charge in [0.25, 0.3) is 0 Å². The fraction of sp³-hybridized carbons (Fsp3) is 0.611. The number of thioether (sulfide) groups is 1. The molecule has 1 unspecified atom stereocenters. The van der Waals surface area contributed by atoms with Gasteiger partial charge in [0.05, 0.1) is 23.2 Å². The summed E-state index contributed by atoms with van der Waals surface area (Å²) < 4.78 is 42.8. The molecular weight excluding hydrogens is 413 g/mol. The first-order chi connectivity index (χ1) is 13.5. The Morgan fingerprint density at radius 2 is 2.03 bits per heavy atom. The zero-order chi connectivity index (χ0) is 21.7. The molecule has 0 radical (unpaired) electrons. The Balaban J connectivity index is 0.000000370. The molecule has 162 valence electrons. The van der Waals surface area contributed by atoms with E-state index in [-0.39, 0.29) is 23.4 Å². The van der Waals surface area contributed by atoms with Gasteiger partial charge in [0.1, 0.15) is 6.61 Å². The van der Waals surface area contributed by atoms with E-state index in [0.717, 1.165) is 36.7 Å². The van der Waals surface area contributed by atoms with Gasteiger partial charge in [-0.15, -0.1) is 11.8 Å². The molecule has 0 saturated carbocycles. The van der Waals surface area contributed by atoms with E-state index in [1.54, 1.807) is 7.11 Å². The molecule has 1 aromatic rings. The van der Waals surface area contributed by atoms with Crippen LogP contribution in [0.15, 0.2) is 18.2 Å². The number of halogens is 3. The number of aryl methyl sites for hydroxylation is 1. The molecule has 0 bridgehead atoms. The summed E-state index contributed by atoms with van der Waals surface area (Å²) in [5.74, 6) is -1.67. The Morgan fingerprint density at radius 1 is 1.38 bits per heavy atom. The number of amides is 1. The molecule has 0 aromatic carbocycles. The summed E-state index contributed by atoms with van der Waals surface area (Å²) in [4.78, 5) is 27.0. The van der Waals surface area contributed by atoms with Crippen LogP contribution in [-0.2, 0) is 25.7 Å². The standard InChI is InChI=1S/C16H22N2O3S.C2HF3O2/c1-12-4-3-5-13(17-12)7-21-14-6-16(22-9-14)10-18(11-16)15(19)8-20-2;3-2(4,5)1(6)7/h3-5,14H,6-11H2,1-2H3;(H,6,7). The number of methoxy groups -OCH3 is 1. The minimum absolute atomic E-state index is 0.0852. The van der Waals surface area contributed by atoms with Crippen molar-refractivity contribution in [3.63, 3.8) is 0 Å². The van der Waals surface area contributed by atoms with Crippen molar-refractivity contribution in [2.24, 2.45) is 0 Å². The third-order valence-corrected chi connectivity index (χ3v) is 5.98. The number of pyridine rings is 1. The number of hydrogen-bond donors (Lipinski definition) is 1. The number of nitrogens with zero attached hydrogens (tertiary/aromatic N) is 2. The smallest absolute Gasteiger partial charge is 0.475 e. The maximum Gasteiger partial charge on any atom is 0.490 e. The Kier molecular flexibility index (Phi) is 7.89. The van der Waals surface area contributed by atoms with Crippen LogP contribution in [0.5, 0.6) is 0 Å². The topological polar surface area (TPSA) is 89.0 Å². The second kappa shape index (κ2) is 9.77. The van der Waals surface area contributed by atoms with Crippen LogP contribution in [0, 0.1) is 6.92 Å². The van der Waals surface area contributed by atoms with E-state index in [2.05, 4.69) is 4.98 Å². The van der Waals surface area contributed by atoms with Gasteiger partial charge in [0.2, 0.25) is 5.91 Å². The van der Waals surface area contributed by atoms with Crippen LogP contribution in [0.3, 0.4) is 0 Å². The Bertz CT molecular complexity index is 726. The van der Waals surface area contributed by atoms with Gasteiger partial charge in [-0.3, -0.25) is 9.78 Å². The third-order valence-electron chi connectivity index (χ3n) is 4.41. The molecule has 2 aliphatic rings. The zero-order valence-corrected chi connectivity index (χ0v) is 16.9. The molecule has 1 N–H and O–H groups in total. The van der Waals surface area contributed by atoms with Crippen molar-refractivity contribution in [2.45, 2.75) is 37.0 Å². The molecule has 1 spiro atoms. The van der Waals surface area contributed by atoms with E-state index in [0.29, 0.717) is 6.61 Å². The van der Waals surface area contributed by atoms with Gasteiger partial charge in [-0.05, 0) is 25.5 Å². The lowest BCUT2D eigenvalue weighted by Crippen LogP contribution is -2.61. The zero-order valence-electron chi connectivity index (χ0n) is 16.1. The van der Waals surface area contributed by atoms with Gasteiger partial charge in [0, 0.05) is 31.6 Å². The van der Waals surface area contributed by atoms with Crippen molar-refractivity contribution >= 4 is 23.6 Å². The molecular formula is C18H23F3N2O5S. The van der Waals surface area contributed by atoms with Crippen LogP contribution in [-0.4, -0.2) is 76.5 Å². The molecule has 3 rings (SSSR count). The van der Waals surface area contributed by atoms with E-state index in [4.69, 9.17) is 19.4 Å². The van der Waals surface area contributed by atoms with Crippen LogP contribution < -0.4 is 0 Å². The van der Waals surface area contributed by atoms with Gasteiger partial charge >= 0.3 is 12.1 Å². The predicted molar refractivity (Wildman–Crippen MR) is 99.5 cm³/mol. The van der Waals surface area contributed by atoms with Crippen molar-refractivity contribution in [1.29, 1.82) is 0 Å². The first kappa shape index (κ1) is 23.4. The molecule has 2 aliphatic heterocycles. The Morgan fingerprint density at radius 3 is 2.59 bits per heavy atom. The summed E-state index contributed by atoms with van der Waals surface area (Å²) in [5.41, 5.74) is 2.00. The predicted octanol–water partition coefficient (Wildman–Crippen LogP) is 2.27. The number of aliphatic carboxylic acids is 1. The lowest BCUT2D eigenvalue weighted by molar-refractivity contribution is -0.192. The highest BCUT2D eigenvalue weighted by atomic mass is 32.2. The highest BCUT2D eigenvalue weighted by molar-refractivity contribution is 8.01. The van der Waals surface area contributed by atoms with Crippen LogP contribution in [0.4, 0.5) is 13.2 Å². The number of carboxylic acids is 1. The van der Waals surface area contributed by atoms with Gasteiger partial charge in [-0.2, -0.15) is 13.2 Å². The van der Waals surface area contributed by atoms with Crippen molar-refractivity contribution in [3.05, 3.63) is 29.6 Å². The maximum atomic E-state index is 11.7. The maximum absolute atomic E-state index is 11.7. The molecule has 1 atom stereocenters. The molecule has 11 heteroatoms. The second-order valence-electron chi connectivity index (χ2n) is 6.89. The van der Waals surface area contributed by atoms with Crippen molar-refractivity contribution in [1.82, 2.24) is 9.88 Å². The van der Waals surface area contributed by atoms with Gasteiger partial charge < -0.3 is 19.5 Å². The number of rotatable bonds is 5. The number of likely N-dealkylation sites (tertiary alicyclic amines) is 1. The quantitative estimate of drug-likeness (QED) is 0.758. The molecule has 0 aliphatic carbocycles. The normalized spacial score (nSPS) is 20.0. The van der Waals surface area contributed by atoms with Crippen LogP contribution in [0.25, 0.3) is 0 Å². The van der Waals surface area contributed by atoms with E-state index in [1.807, 2.05) is 41.8 Å². The van der Waals surface area contributed by atoms with Gasteiger partial charge in [-0.25, -0.2) is 4.79 Å². The number of carbonyl (C=O) groups is 2. The van der Waals surface area contributed by atoms with Crippen molar-refractivity contribution in [3.8, 4) is 0 Å².